The molecule has 2 rings (SSSR count). The molecule has 0 fully saturated rings. The van der Waals surface area contributed by atoms with Crippen molar-refractivity contribution in [3.8, 4) is 11.5 Å². The third kappa shape index (κ3) is 6.05. The number of hydrogen-bond donors (Lipinski definition) is 1. The predicted octanol–water partition coefficient (Wildman–Crippen LogP) is 1.98. The molecular weight excluding hydrogens is 358 g/mol. The summed E-state index contributed by atoms with van der Waals surface area (Å²) < 4.78 is 41.9. The normalized spacial score (nSPS) is 11.0. The third-order valence-corrected chi connectivity index (χ3v) is 4.82. The molecular formula is C18H21NO6S. The van der Waals surface area contributed by atoms with E-state index in [2.05, 4.69) is 9.46 Å². The molecule has 0 radical (unpaired) electrons. The molecule has 0 heterocycles. The number of methoxy groups -OCH3 is 2. The molecule has 0 spiro atoms. The van der Waals surface area contributed by atoms with Crippen LogP contribution >= 0.6 is 0 Å². The summed E-state index contributed by atoms with van der Waals surface area (Å²) in [6.07, 6.45) is 0. The van der Waals surface area contributed by atoms with E-state index in [1.165, 1.54) is 19.2 Å². The summed E-state index contributed by atoms with van der Waals surface area (Å²) in [5.41, 5.74) is 0.937. The lowest BCUT2D eigenvalue weighted by Gasteiger charge is -2.10. The maximum absolute atomic E-state index is 12.1. The minimum absolute atomic E-state index is 0.139. The second-order valence-corrected chi connectivity index (χ2v) is 7.18. The van der Waals surface area contributed by atoms with Gasteiger partial charge < -0.3 is 14.2 Å². The lowest BCUT2D eigenvalue weighted by Crippen LogP contribution is -2.29. The first-order valence-electron chi connectivity index (χ1n) is 7.85. The smallest absolute Gasteiger partial charge is 0.337 e. The molecule has 7 nitrogen and oxygen atoms in total. The standard InChI is InChI=1S/C18H21NO6S/c1-23-16-4-3-5-17(12-16)25-11-10-19-26(21,22)13-14-6-8-15(9-7-14)18(20)24-2/h3-9,12,19H,10-11,13H2,1-2H3. The Balaban J connectivity index is 1.82. The van der Waals surface area contributed by atoms with Gasteiger partial charge in [0.05, 0.1) is 25.5 Å². The number of hydrogen-bond acceptors (Lipinski definition) is 6. The Hall–Kier alpha value is -2.58. The SMILES string of the molecule is COC(=O)c1ccc(CS(=O)(=O)NCCOc2cccc(OC)c2)cc1. The topological polar surface area (TPSA) is 90.9 Å². The van der Waals surface area contributed by atoms with Crippen LogP contribution in [0, 0.1) is 0 Å². The number of benzene rings is 2. The van der Waals surface area contributed by atoms with Gasteiger partial charge in [0.1, 0.15) is 18.1 Å². The quantitative estimate of drug-likeness (QED) is 0.529. The van der Waals surface area contributed by atoms with Crippen LogP contribution in [0.3, 0.4) is 0 Å². The molecule has 0 bridgehead atoms. The highest BCUT2D eigenvalue weighted by Gasteiger charge is 2.12. The maximum Gasteiger partial charge on any atom is 0.337 e. The van der Waals surface area contributed by atoms with E-state index in [9.17, 15) is 13.2 Å². The maximum atomic E-state index is 12.1. The Labute approximate surface area is 152 Å². The minimum Gasteiger partial charge on any atom is -0.497 e. The first-order valence-corrected chi connectivity index (χ1v) is 9.50. The van der Waals surface area contributed by atoms with E-state index in [1.54, 1.807) is 43.5 Å². The van der Waals surface area contributed by atoms with E-state index < -0.39 is 16.0 Å². The molecule has 0 saturated carbocycles. The van der Waals surface area contributed by atoms with E-state index in [4.69, 9.17) is 9.47 Å². The van der Waals surface area contributed by atoms with Gasteiger partial charge in [-0.05, 0) is 29.8 Å². The molecule has 140 valence electrons. The zero-order chi connectivity index (χ0) is 19.0. The van der Waals surface area contributed by atoms with Gasteiger partial charge in [0.25, 0.3) is 0 Å². The number of sulfonamides is 1. The van der Waals surface area contributed by atoms with Crippen molar-refractivity contribution in [2.75, 3.05) is 27.4 Å². The Kier molecular flexibility index (Phi) is 6.99. The van der Waals surface area contributed by atoms with Crippen molar-refractivity contribution in [1.82, 2.24) is 4.72 Å². The second-order valence-electron chi connectivity index (χ2n) is 5.37. The number of rotatable bonds is 9. The summed E-state index contributed by atoms with van der Waals surface area (Å²) >= 11 is 0. The van der Waals surface area contributed by atoms with Crippen LogP contribution < -0.4 is 14.2 Å². The number of esters is 1. The van der Waals surface area contributed by atoms with Gasteiger partial charge in [-0.2, -0.15) is 0 Å². The summed E-state index contributed by atoms with van der Waals surface area (Å²) in [4.78, 5) is 11.4. The lowest BCUT2D eigenvalue weighted by atomic mass is 10.1. The van der Waals surface area contributed by atoms with Crippen LogP contribution in [-0.2, 0) is 20.5 Å². The van der Waals surface area contributed by atoms with Crippen molar-refractivity contribution < 1.29 is 27.4 Å². The van der Waals surface area contributed by atoms with E-state index >= 15 is 0 Å². The Morgan fingerprint density at radius 3 is 2.38 bits per heavy atom. The van der Waals surface area contributed by atoms with Gasteiger partial charge in [-0.15, -0.1) is 0 Å². The summed E-state index contributed by atoms with van der Waals surface area (Å²) in [6, 6.07) is 13.3. The zero-order valence-corrected chi connectivity index (χ0v) is 15.4. The molecule has 0 aliphatic heterocycles. The largest absolute Gasteiger partial charge is 0.497 e. The molecule has 0 aliphatic rings. The molecule has 0 atom stereocenters. The predicted molar refractivity (Wildman–Crippen MR) is 96.9 cm³/mol. The molecule has 0 unspecified atom stereocenters. The summed E-state index contributed by atoms with van der Waals surface area (Å²) in [6.45, 7) is 0.327. The van der Waals surface area contributed by atoms with Crippen molar-refractivity contribution in [3.05, 3.63) is 59.7 Å². The van der Waals surface area contributed by atoms with Crippen LogP contribution in [0.5, 0.6) is 11.5 Å². The highest BCUT2D eigenvalue weighted by atomic mass is 32.2. The van der Waals surface area contributed by atoms with Crippen molar-refractivity contribution in [3.63, 3.8) is 0 Å². The Bertz CT molecular complexity index is 833. The highest BCUT2D eigenvalue weighted by molar-refractivity contribution is 7.88. The van der Waals surface area contributed by atoms with Crippen LogP contribution in [0.4, 0.5) is 0 Å². The van der Waals surface area contributed by atoms with Crippen molar-refractivity contribution >= 4 is 16.0 Å². The van der Waals surface area contributed by atoms with Gasteiger partial charge in [-0.3, -0.25) is 0 Å². The molecule has 1 N–H and O–H groups in total. The molecule has 8 heteroatoms. The van der Waals surface area contributed by atoms with Gasteiger partial charge in [0.15, 0.2) is 0 Å². The number of ether oxygens (including phenoxy) is 3. The molecule has 2 aromatic carbocycles. The van der Waals surface area contributed by atoms with Crippen LogP contribution in [0.25, 0.3) is 0 Å². The van der Waals surface area contributed by atoms with Crippen LogP contribution in [0.2, 0.25) is 0 Å². The van der Waals surface area contributed by atoms with E-state index in [0.29, 0.717) is 22.6 Å². The highest BCUT2D eigenvalue weighted by Crippen LogP contribution is 2.18. The van der Waals surface area contributed by atoms with Crippen LogP contribution in [0.1, 0.15) is 15.9 Å². The average Bonchev–Trinajstić information content (AvgIpc) is 2.65. The third-order valence-electron chi connectivity index (χ3n) is 3.47. The first-order chi connectivity index (χ1) is 12.4. The Morgan fingerprint density at radius 1 is 1.04 bits per heavy atom. The summed E-state index contributed by atoms with van der Waals surface area (Å²) in [5, 5.41) is 0. The van der Waals surface area contributed by atoms with Gasteiger partial charge in [0, 0.05) is 12.6 Å². The zero-order valence-electron chi connectivity index (χ0n) is 14.6. The van der Waals surface area contributed by atoms with E-state index in [-0.39, 0.29) is 18.9 Å². The van der Waals surface area contributed by atoms with Crippen molar-refractivity contribution in [2.24, 2.45) is 0 Å². The number of nitrogens with one attached hydrogen (secondary N) is 1. The summed E-state index contributed by atoms with van der Waals surface area (Å²) in [7, 11) is -0.661. The van der Waals surface area contributed by atoms with Crippen molar-refractivity contribution in [1.29, 1.82) is 0 Å². The average molecular weight is 379 g/mol. The van der Waals surface area contributed by atoms with Crippen LogP contribution in [-0.4, -0.2) is 41.8 Å². The molecule has 0 aromatic heterocycles. The minimum atomic E-state index is -3.51. The lowest BCUT2D eigenvalue weighted by molar-refractivity contribution is 0.0600. The molecule has 26 heavy (non-hydrogen) atoms. The van der Waals surface area contributed by atoms with Crippen LogP contribution in [0.15, 0.2) is 48.5 Å². The van der Waals surface area contributed by atoms with Crippen molar-refractivity contribution in [2.45, 2.75) is 5.75 Å². The fourth-order valence-corrected chi connectivity index (χ4v) is 3.31. The fraction of sp³-hybridized carbons (Fsp3) is 0.278. The second kappa shape index (κ2) is 9.21. The van der Waals surface area contributed by atoms with Gasteiger partial charge in [0.2, 0.25) is 10.0 Å². The molecule has 0 aliphatic carbocycles. The first kappa shape index (κ1) is 19.7. The van der Waals surface area contributed by atoms with E-state index in [0.717, 1.165) is 0 Å². The van der Waals surface area contributed by atoms with Gasteiger partial charge in [-0.1, -0.05) is 18.2 Å². The van der Waals surface area contributed by atoms with Gasteiger partial charge >= 0.3 is 5.97 Å². The molecule has 0 saturated heterocycles. The Morgan fingerprint density at radius 2 is 1.73 bits per heavy atom. The summed E-state index contributed by atoms with van der Waals surface area (Å²) in [5.74, 6) is 0.612. The number of carbonyl (C=O) groups excluding carboxylic acids is 1. The molecule has 0 amide bonds. The van der Waals surface area contributed by atoms with Gasteiger partial charge in [-0.25, -0.2) is 17.9 Å². The number of carbonyl (C=O) groups is 1. The van der Waals surface area contributed by atoms with E-state index in [1.807, 2.05) is 0 Å². The molecule has 2 aromatic rings. The monoisotopic (exact) mass is 379 g/mol. The fourth-order valence-electron chi connectivity index (χ4n) is 2.18.